The van der Waals surface area contributed by atoms with Gasteiger partial charge in [-0.25, -0.2) is 13.4 Å². The molecule has 4 rings (SSSR count). The summed E-state index contributed by atoms with van der Waals surface area (Å²) in [5.74, 6) is 0.0496. The Labute approximate surface area is 191 Å². The van der Waals surface area contributed by atoms with E-state index < -0.39 is 15.9 Å². The molecule has 0 unspecified atom stereocenters. The first-order chi connectivity index (χ1) is 15.4. The molecule has 1 heterocycles. The maximum atomic E-state index is 13.4. The monoisotopic (exact) mass is 464 g/mol. The number of amides is 1. The van der Waals surface area contributed by atoms with Gasteiger partial charge in [-0.3, -0.25) is 4.79 Å². The minimum Gasteiger partial charge on any atom is -0.497 e. The van der Waals surface area contributed by atoms with Gasteiger partial charge in [0.1, 0.15) is 5.75 Å². The topological polar surface area (TPSA) is 76.0 Å². The Balaban J connectivity index is 1.79. The van der Waals surface area contributed by atoms with Crippen molar-refractivity contribution in [3.63, 3.8) is 0 Å². The molecule has 3 aromatic rings. The molecular weight excluding hydrogens is 444 g/mol. The lowest BCUT2D eigenvalue weighted by Crippen LogP contribution is -2.35. The quantitative estimate of drug-likeness (QED) is 0.497. The number of para-hydroxylation sites is 1. The molecule has 0 aromatic heterocycles. The fraction of sp³-hybridized carbons (Fsp3) is 0.0833. The number of methoxy groups -OCH3 is 1. The molecule has 32 heavy (non-hydrogen) atoms. The third-order valence-electron chi connectivity index (χ3n) is 4.72. The van der Waals surface area contributed by atoms with Gasteiger partial charge in [-0.15, -0.1) is 0 Å². The van der Waals surface area contributed by atoms with E-state index in [2.05, 4.69) is 4.99 Å². The summed E-state index contributed by atoms with van der Waals surface area (Å²) in [4.78, 5) is 18.0. The molecule has 1 aliphatic heterocycles. The van der Waals surface area contributed by atoms with Crippen LogP contribution in [0.4, 0.5) is 5.69 Å². The van der Waals surface area contributed by atoms with Crippen LogP contribution >= 0.6 is 11.8 Å². The third kappa shape index (κ3) is 4.46. The number of hydrogen-bond acceptors (Lipinski definition) is 6. The van der Waals surface area contributed by atoms with Crippen LogP contribution in [0.5, 0.6) is 5.75 Å². The lowest BCUT2D eigenvalue weighted by molar-refractivity contribution is -0.119. The molecule has 0 N–H and O–H groups in total. The second-order valence-corrected chi connectivity index (χ2v) is 9.80. The molecule has 0 bridgehead atoms. The van der Waals surface area contributed by atoms with Crippen molar-refractivity contribution in [2.75, 3.05) is 7.11 Å². The number of nitrogens with zero attached hydrogens (tertiary/aromatic N) is 2. The van der Waals surface area contributed by atoms with Gasteiger partial charge in [-0.1, -0.05) is 48.0 Å². The Bertz CT molecular complexity index is 1300. The van der Waals surface area contributed by atoms with E-state index in [1.807, 2.05) is 13.0 Å². The molecule has 3 aromatic carbocycles. The Hall–Kier alpha value is -3.36. The van der Waals surface area contributed by atoms with Crippen molar-refractivity contribution >= 4 is 44.6 Å². The fourth-order valence-electron chi connectivity index (χ4n) is 3.02. The number of benzene rings is 3. The number of thioether (sulfide) groups is 1. The van der Waals surface area contributed by atoms with Crippen LogP contribution in [0.3, 0.4) is 0 Å². The maximum Gasteiger partial charge on any atom is 0.280 e. The molecule has 8 heteroatoms. The highest BCUT2D eigenvalue weighted by Crippen LogP contribution is 2.37. The van der Waals surface area contributed by atoms with Gasteiger partial charge >= 0.3 is 0 Å². The van der Waals surface area contributed by atoms with E-state index in [4.69, 9.17) is 4.74 Å². The zero-order valence-corrected chi connectivity index (χ0v) is 19.1. The summed E-state index contributed by atoms with van der Waals surface area (Å²) in [5, 5.41) is 0.0848. The molecule has 0 atom stereocenters. The van der Waals surface area contributed by atoms with Gasteiger partial charge < -0.3 is 4.74 Å². The van der Waals surface area contributed by atoms with Gasteiger partial charge in [-0.05, 0) is 66.7 Å². The predicted octanol–water partition coefficient (Wildman–Crippen LogP) is 5.00. The van der Waals surface area contributed by atoms with E-state index in [1.54, 1.807) is 73.8 Å². The highest BCUT2D eigenvalue weighted by molar-refractivity contribution is 8.20. The first-order valence-electron chi connectivity index (χ1n) is 9.72. The molecule has 0 aliphatic carbocycles. The average molecular weight is 465 g/mol. The molecule has 162 valence electrons. The van der Waals surface area contributed by atoms with Gasteiger partial charge in [0.05, 0.1) is 22.6 Å². The molecule has 1 amide bonds. The van der Waals surface area contributed by atoms with Crippen LogP contribution in [0.1, 0.15) is 11.1 Å². The summed E-state index contributed by atoms with van der Waals surface area (Å²) in [5.41, 5.74) is 2.22. The second kappa shape index (κ2) is 9.02. The number of ether oxygens (including phenoxy) is 1. The van der Waals surface area contributed by atoms with Crippen LogP contribution in [0, 0.1) is 6.92 Å². The van der Waals surface area contributed by atoms with Gasteiger partial charge in [0.25, 0.3) is 15.9 Å². The number of aryl methyl sites for hydroxylation is 1. The largest absolute Gasteiger partial charge is 0.497 e. The lowest BCUT2D eigenvalue weighted by atomic mass is 10.2. The maximum absolute atomic E-state index is 13.4. The fourth-order valence-corrected chi connectivity index (χ4v) is 5.63. The summed E-state index contributed by atoms with van der Waals surface area (Å²) < 4.78 is 32.8. The zero-order valence-electron chi connectivity index (χ0n) is 17.4. The molecular formula is C24H20N2O4S2. The zero-order chi connectivity index (χ0) is 22.7. The molecule has 0 radical (unpaired) electrons. The van der Waals surface area contributed by atoms with Gasteiger partial charge in [0.2, 0.25) is 0 Å². The first-order valence-corrected chi connectivity index (χ1v) is 12.0. The highest BCUT2D eigenvalue weighted by Gasteiger charge is 2.42. The molecule has 6 nitrogen and oxygen atoms in total. The lowest BCUT2D eigenvalue weighted by Gasteiger charge is -2.16. The average Bonchev–Trinajstić information content (AvgIpc) is 3.10. The van der Waals surface area contributed by atoms with Crippen LogP contribution in [0.15, 0.2) is 93.7 Å². The van der Waals surface area contributed by atoms with Gasteiger partial charge in [-0.2, -0.15) is 4.31 Å². The SMILES string of the molecule is COc1ccc(/C=C2\SC(=Nc3ccccc3)N(S(=O)(=O)c3ccc(C)cc3)C2=O)cc1. The van der Waals surface area contributed by atoms with E-state index in [-0.39, 0.29) is 15.0 Å². The van der Waals surface area contributed by atoms with Crippen molar-refractivity contribution in [3.8, 4) is 5.75 Å². The smallest absolute Gasteiger partial charge is 0.280 e. The number of aliphatic imine (C=N–C) groups is 1. The predicted molar refractivity (Wildman–Crippen MR) is 127 cm³/mol. The van der Waals surface area contributed by atoms with E-state index in [1.165, 1.54) is 12.1 Å². The van der Waals surface area contributed by atoms with Crippen LogP contribution in [-0.4, -0.2) is 30.9 Å². The summed E-state index contributed by atoms with van der Waals surface area (Å²) in [6.07, 6.45) is 1.65. The molecule has 0 saturated carbocycles. The van der Waals surface area contributed by atoms with Crippen molar-refractivity contribution in [2.24, 2.45) is 4.99 Å². The molecule has 0 spiro atoms. The van der Waals surface area contributed by atoms with Crippen molar-refractivity contribution in [1.29, 1.82) is 0 Å². The second-order valence-electron chi connectivity index (χ2n) is 7.00. The minimum absolute atomic E-state index is 0.0310. The van der Waals surface area contributed by atoms with Crippen molar-refractivity contribution < 1.29 is 17.9 Å². The van der Waals surface area contributed by atoms with Crippen molar-refractivity contribution in [2.45, 2.75) is 11.8 Å². The Kier molecular flexibility index (Phi) is 6.16. The molecule has 1 saturated heterocycles. The first kappa shape index (κ1) is 21.9. The summed E-state index contributed by atoms with van der Waals surface area (Å²) in [7, 11) is -2.57. The van der Waals surface area contributed by atoms with Crippen molar-refractivity contribution in [1.82, 2.24) is 4.31 Å². The van der Waals surface area contributed by atoms with Crippen LogP contribution in [0.2, 0.25) is 0 Å². The molecule has 1 aliphatic rings. The van der Waals surface area contributed by atoms with Crippen LogP contribution in [0.25, 0.3) is 6.08 Å². The Morgan fingerprint density at radius 3 is 2.22 bits per heavy atom. The van der Waals surface area contributed by atoms with Gasteiger partial charge in [0.15, 0.2) is 5.17 Å². The highest BCUT2D eigenvalue weighted by atomic mass is 32.2. The summed E-state index contributed by atoms with van der Waals surface area (Å²) >= 11 is 1.03. The van der Waals surface area contributed by atoms with Crippen LogP contribution < -0.4 is 4.74 Å². The molecule has 1 fully saturated rings. The van der Waals surface area contributed by atoms with Crippen LogP contribution in [-0.2, 0) is 14.8 Å². The number of amidine groups is 1. The van der Waals surface area contributed by atoms with E-state index in [9.17, 15) is 13.2 Å². The van der Waals surface area contributed by atoms with Crippen molar-refractivity contribution in [3.05, 3.63) is 94.9 Å². The number of rotatable bonds is 5. The van der Waals surface area contributed by atoms with E-state index >= 15 is 0 Å². The Morgan fingerprint density at radius 2 is 1.59 bits per heavy atom. The van der Waals surface area contributed by atoms with E-state index in [0.29, 0.717) is 11.4 Å². The summed E-state index contributed by atoms with van der Waals surface area (Å²) in [6.45, 7) is 1.87. The van der Waals surface area contributed by atoms with Gasteiger partial charge in [0, 0.05) is 0 Å². The summed E-state index contributed by atoms with van der Waals surface area (Å²) in [6, 6.07) is 22.5. The number of sulfonamides is 1. The normalized spacial score (nSPS) is 16.7. The number of carbonyl (C=O) groups is 1. The standard InChI is InChI=1S/C24H20N2O4S2/c1-17-8-14-21(15-9-17)32(28,29)26-23(27)22(16-18-10-12-20(30-2)13-11-18)31-24(26)25-19-6-4-3-5-7-19/h3-16H,1-2H3/b22-16-,25-24?. The number of hydrogen-bond donors (Lipinski definition) is 0. The minimum atomic E-state index is -4.14. The Morgan fingerprint density at radius 1 is 0.938 bits per heavy atom. The third-order valence-corrected chi connectivity index (χ3v) is 7.50. The van der Waals surface area contributed by atoms with E-state index in [0.717, 1.165) is 27.2 Å². The number of carbonyl (C=O) groups excluding carboxylic acids is 1.